The van der Waals surface area contributed by atoms with Gasteiger partial charge in [-0.3, -0.25) is 0 Å². The highest BCUT2D eigenvalue weighted by Crippen LogP contribution is 2.27. The first-order valence-corrected chi connectivity index (χ1v) is 9.28. The van der Waals surface area contributed by atoms with Crippen LogP contribution in [0.2, 0.25) is 0 Å². The molecule has 2 N–H and O–H groups in total. The van der Waals surface area contributed by atoms with Crippen molar-refractivity contribution in [1.29, 1.82) is 0 Å². The lowest BCUT2D eigenvalue weighted by atomic mass is 9.89. The Bertz CT molecular complexity index is 482. The van der Waals surface area contributed by atoms with E-state index in [1.165, 1.54) is 5.56 Å². The summed E-state index contributed by atoms with van der Waals surface area (Å²) in [4.78, 5) is 14.3. The summed E-state index contributed by atoms with van der Waals surface area (Å²) in [6.45, 7) is 6.85. The number of aliphatic hydroxyl groups is 1. The molecule has 1 heterocycles. The zero-order chi connectivity index (χ0) is 17.4. The maximum absolute atomic E-state index is 12.4. The van der Waals surface area contributed by atoms with Crippen molar-refractivity contribution >= 4 is 6.03 Å². The number of hydrogen-bond donors (Lipinski definition) is 2. The van der Waals surface area contributed by atoms with E-state index >= 15 is 0 Å². The summed E-state index contributed by atoms with van der Waals surface area (Å²) in [5.74, 6) is 1.51. The van der Waals surface area contributed by atoms with Crippen LogP contribution in [0.5, 0.6) is 0 Å². The van der Waals surface area contributed by atoms with E-state index in [-0.39, 0.29) is 12.6 Å². The molecule has 0 spiro atoms. The summed E-state index contributed by atoms with van der Waals surface area (Å²) in [7, 11) is 0. The minimum atomic E-state index is 0.0493. The van der Waals surface area contributed by atoms with Crippen molar-refractivity contribution in [1.82, 2.24) is 10.2 Å². The van der Waals surface area contributed by atoms with Gasteiger partial charge in [0, 0.05) is 26.2 Å². The third kappa shape index (κ3) is 5.82. The Morgan fingerprint density at radius 3 is 2.50 bits per heavy atom. The summed E-state index contributed by atoms with van der Waals surface area (Å²) < 4.78 is 0. The highest BCUT2D eigenvalue weighted by atomic mass is 16.3. The quantitative estimate of drug-likeness (QED) is 0.801. The van der Waals surface area contributed by atoms with Gasteiger partial charge >= 0.3 is 6.03 Å². The molecule has 1 aliphatic heterocycles. The number of amides is 2. The van der Waals surface area contributed by atoms with Gasteiger partial charge in [0.25, 0.3) is 0 Å². The summed E-state index contributed by atoms with van der Waals surface area (Å²) in [6.07, 6.45) is 3.86. The molecule has 0 aromatic heterocycles. The van der Waals surface area contributed by atoms with Crippen molar-refractivity contribution < 1.29 is 9.90 Å². The third-order valence-electron chi connectivity index (χ3n) is 4.94. The molecule has 2 rings (SSSR count). The molecule has 1 aromatic carbocycles. The summed E-state index contributed by atoms with van der Waals surface area (Å²) >= 11 is 0. The monoisotopic (exact) mass is 332 g/mol. The highest BCUT2D eigenvalue weighted by Gasteiger charge is 2.24. The van der Waals surface area contributed by atoms with Crippen LogP contribution in [0.3, 0.4) is 0 Å². The van der Waals surface area contributed by atoms with E-state index in [4.69, 9.17) is 0 Å². The zero-order valence-electron chi connectivity index (χ0n) is 15.1. The number of hydrogen-bond acceptors (Lipinski definition) is 2. The molecule has 1 saturated heterocycles. The smallest absolute Gasteiger partial charge is 0.317 e. The Balaban J connectivity index is 1.76. The molecule has 4 heteroatoms. The number of nitrogens with zero attached hydrogens (tertiary/aromatic N) is 1. The molecule has 2 amide bonds. The van der Waals surface area contributed by atoms with Gasteiger partial charge in [-0.2, -0.15) is 0 Å². The molecule has 1 atom stereocenters. The molecule has 24 heavy (non-hydrogen) atoms. The van der Waals surface area contributed by atoms with Crippen LogP contribution in [0.15, 0.2) is 30.3 Å². The van der Waals surface area contributed by atoms with Crippen molar-refractivity contribution in [2.75, 3.05) is 26.2 Å². The van der Waals surface area contributed by atoms with E-state index < -0.39 is 0 Å². The number of likely N-dealkylation sites (tertiary alicyclic amines) is 1. The topological polar surface area (TPSA) is 52.6 Å². The fourth-order valence-corrected chi connectivity index (χ4v) is 3.64. The number of aliphatic hydroxyl groups excluding tert-OH is 1. The lowest BCUT2D eigenvalue weighted by molar-refractivity contribution is 0.176. The van der Waals surface area contributed by atoms with Crippen molar-refractivity contribution in [3.05, 3.63) is 35.9 Å². The fraction of sp³-hybridized carbons (Fsp3) is 0.650. The van der Waals surface area contributed by atoms with Gasteiger partial charge in [0.05, 0.1) is 0 Å². The van der Waals surface area contributed by atoms with Gasteiger partial charge in [-0.15, -0.1) is 0 Å². The maximum Gasteiger partial charge on any atom is 0.317 e. The Kier molecular flexibility index (Phi) is 7.57. The van der Waals surface area contributed by atoms with E-state index in [2.05, 4.69) is 43.4 Å². The molecular formula is C20H32N2O2. The van der Waals surface area contributed by atoms with E-state index in [9.17, 15) is 9.90 Å². The number of benzene rings is 1. The molecule has 1 unspecified atom stereocenters. The minimum absolute atomic E-state index is 0.0493. The Morgan fingerprint density at radius 2 is 1.92 bits per heavy atom. The number of rotatable bonds is 7. The van der Waals surface area contributed by atoms with Crippen LogP contribution < -0.4 is 5.32 Å². The van der Waals surface area contributed by atoms with E-state index in [0.29, 0.717) is 24.3 Å². The summed E-state index contributed by atoms with van der Waals surface area (Å²) in [5, 5.41) is 12.3. The van der Waals surface area contributed by atoms with Crippen LogP contribution in [-0.4, -0.2) is 42.3 Å². The molecule has 0 bridgehead atoms. The molecule has 0 radical (unpaired) electrons. The first-order chi connectivity index (χ1) is 11.6. The van der Waals surface area contributed by atoms with Crippen LogP contribution >= 0.6 is 0 Å². The standard InChI is InChI=1S/C20H32N2O2/c1-16(2)14-17(10-13-23)15-21-20(24)22-11-8-19(9-12-22)18-6-4-3-5-7-18/h3-7,16-17,19,23H,8-15H2,1-2H3,(H,21,24). The number of carbonyl (C=O) groups is 1. The second kappa shape index (κ2) is 9.67. The molecule has 1 aromatic rings. The van der Waals surface area contributed by atoms with Gasteiger partial charge in [-0.05, 0) is 49.0 Å². The average Bonchev–Trinajstić information content (AvgIpc) is 2.60. The fourth-order valence-electron chi connectivity index (χ4n) is 3.64. The number of urea groups is 1. The Morgan fingerprint density at radius 1 is 1.25 bits per heavy atom. The van der Waals surface area contributed by atoms with Gasteiger partial charge in [0.15, 0.2) is 0 Å². The van der Waals surface area contributed by atoms with Crippen LogP contribution in [0.4, 0.5) is 4.79 Å². The van der Waals surface area contributed by atoms with E-state index in [1.807, 2.05) is 11.0 Å². The van der Waals surface area contributed by atoms with Crippen molar-refractivity contribution in [3.63, 3.8) is 0 Å². The second-order valence-corrected chi connectivity index (χ2v) is 7.37. The van der Waals surface area contributed by atoms with Crippen LogP contribution in [0.25, 0.3) is 0 Å². The van der Waals surface area contributed by atoms with Gasteiger partial charge < -0.3 is 15.3 Å². The predicted molar refractivity (Wildman–Crippen MR) is 98.0 cm³/mol. The van der Waals surface area contributed by atoms with Crippen LogP contribution in [0, 0.1) is 11.8 Å². The summed E-state index contributed by atoms with van der Waals surface area (Å²) in [6, 6.07) is 10.6. The first kappa shape index (κ1) is 18.8. The van der Waals surface area contributed by atoms with Gasteiger partial charge in [0.2, 0.25) is 0 Å². The molecule has 0 aliphatic carbocycles. The lowest BCUT2D eigenvalue weighted by Crippen LogP contribution is -2.45. The largest absolute Gasteiger partial charge is 0.396 e. The third-order valence-corrected chi connectivity index (χ3v) is 4.94. The molecule has 1 fully saturated rings. The molecule has 1 aliphatic rings. The number of carbonyl (C=O) groups excluding carboxylic acids is 1. The van der Waals surface area contributed by atoms with Crippen molar-refractivity contribution in [3.8, 4) is 0 Å². The number of nitrogens with one attached hydrogen (secondary N) is 1. The minimum Gasteiger partial charge on any atom is -0.396 e. The van der Waals surface area contributed by atoms with Crippen LogP contribution in [0.1, 0.15) is 51.0 Å². The predicted octanol–water partition coefficient (Wildman–Crippen LogP) is 3.62. The van der Waals surface area contributed by atoms with Gasteiger partial charge in [0.1, 0.15) is 0 Å². The van der Waals surface area contributed by atoms with E-state index in [0.717, 1.165) is 38.8 Å². The Labute approximate surface area is 146 Å². The summed E-state index contributed by atoms with van der Waals surface area (Å²) in [5.41, 5.74) is 1.39. The van der Waals surface area contributed by atoms with Gasteiger partial charge in [-0.1, -0.05) is 44.2 Å². The lowest BCUT2D eigenvalue weighted by Gasteiger charge is -2.32. The molecular weight excluding hydrogens is 300 g/mol. The van der Waals surface area contributed by atoms with E-state index in [1.54, 1.807) is 0 Å². The first-order valence-electron chi connectivity index (χ1n) is 9.28. The average molecular weight is 332 g/mol. The molecule has 134 valence electrons. The van der Waals surface area contributed by atoms with Crippen molar-refractivity contribution in [2.24, 2.45) is 11.8 Å². The highest BCUT2D eigenvalue weighted by molar-refractivity contribution is 5.74. The molecule has 0 saturated carbocycles. The van der Waals surface area contributed by atoms with Crippen LogP contribution in [-0.2, 0) is 0 Å². The SMILES string of the molecule is CC(C)CC(CCO)CNC(=O)N1CCC(c2ccccc2)CC1. The Hall–Kier alpha value is -1.55. The second-order valence-electron chi connectivity index (χ2n) is 7.37. The molecule has 4 nitrogen and oxygen atoms in total. The van der Waals surface area contributed by atoms with Gasteiger partial charge in [-0.25, -0.2) is 4.79 Å². The normalized spacial score (nSPS) is 17.1. The maximum atomic E-state index is 12.4. The zero-order valence-corrected chi connectivity index (χ0v) is 15.1. The number of piperidine rings is 1. The van der Waals surface area contributed by atoms with Crippen molar-refractivity contribution in [2.45, 2.75) is 45.4 Å².